The monoisotopic (exact) mass is 339 g/mol. The molecule has 130 valence electrons. The van der Waals surface area contributed by atoms with Crippen molar-refractivity contribution >= 4 is 23.3 Å². The van der Waals surface area contributed by atoms with E-state index >= 15 is 0 Å². The van der Waals surface area contributed by atoms with Crippen LogP contribution in [0.5, 0.6) is 0 Å². The molecule has 2 aromatic carbocycles. The molecule has 5 nitrogen and oxygen atoms in total. The number of rotatable bonds is 6. The van der Waals surface area contributed by atoms with Crippen LogP contribution in [-0.4, -0.2) is 30.9 Å². The first kappa shape index (κ1) is 18.4. The molecule has 0 fully saturated rings. The third-order valence-corrected chi connectivity index (χ3v) is 3.49. The van der Waals surface area contributed by atoms with E-state index in [1.54, 1.807) is 50.2 Å². The largest absolute Gasteiger partial charge is 0.462 e. The predicted octanol–water partition coefficient (Wildman–Crippen LogP) is 4.18. The van der Waals surface area contributed by atoms with Gasteiger partial charge in [-0.15, -0.1) is 0 Å². The van der Waals surface area contributed by atoms with E-state index in [9.17, 15) is 9.59 Å². The molecule has 0 saturated heterocycles. The standard InChI is InChI=1S/C20H21NO4/c1-4-24-19(22)15-10-12-16(13-11-15)21-14(3)17-8-6-7-9-18(17)20(23)25-5-2/h6-13H,4-5H2,1-3H3. The van der Waals surface area contributed by atoms with Gasteiger partial charge in [-0.25, -0.2) is 9.59 Å². The summed E-state index contributed by atoms with van der Waals surface area (Å²) in [7, 11) is 0. The van der Waals surface area contributed by atoms with Crippen molar-refractivity contribution in [3.05, 3.63) is 65.2 Å². The van der Waals surface area contributed by atoms with Crippen LogP contribution in [0.4, 0.5) is 5.69 Å². The van der Waals surface area contributed by atoms with Gasteiger partial charge in [0, 0.05) is 11.3 Å². The Labute approximate surface area is 147 Å². The van der Waals surface area contributed by atoms with Gasteiger partial charge in [0.15, 0.2) is 0 Å². The van der Waals surface area contributed by atoms with Crippen molar-refractivity contribution < 1.29 is 19.1 Å². The summed E-state index contributed by atoms with van der Waals surface area (Å²) in [4.78, 5) is 28.3. The number of ether oxygens (including phenoxy) is 2. The van der Waals surface area contributed by atoms with Crippen molar-refractivity contribution in [2.75, 3.05) is 13.2 Å². The smallest absolute Gasteiger partial charge is 0.338 e. The molecule has 0 unspecified atom stereocenters. The lowest BCUT2D eigenvalue weighted by Gasteiger charge is -2.08. The molecule has 5 heteroatoms. The highest BCUT2D eigenvalue weighted by molar-refractivity contribution is 6.08. The Kier molecular flexibility index (Phi) is 6.46. The molecular formula is C20H21NO4. The second-order valence-corrected chi connectivity index (χ2v) is 5.23. The summed E-state index contributed by atoms with van der Waals surface area (Å²) >= 11 is 0. The van der Waals surface area contributed by atoms with E-state index < -0.39 is 0 Å². The van der Waals surface area contributed by atoms with Gasteiger partial charge in [0.25, 0.3) is 0 Å². The number of benzene rings is 2. The van der Waals surface area contributed by atoms with E-state index in [1.165, 1.54) is 0 Å². The van der Waals surface area contributed by atoms with Gasteiger partial charge in [0.2, 0.25) is 0 Å². The molecule has 2 aromatic rings. The first-order valence-electron chi connectivity index (χ1n) is 8.15. The highest BCUT2D eigenvalue weighted by Gasteiger charge is 2.13. The van der Waals surface area contributed by atoms with Crippen LogP contribution in [0.2, 0.25) is 0 Å². The van der Waals surface area contributed by atoms with E-state index in [0.717, 1.165) is 5.56 Å². The number of hydrogen-bond acceptors (Lipinski definition) is 5. The number of esters is 2. The van der Waals surface area contributed by atoms with Crippen LogP contribution in [0, 0.1) is 0 Å². The molecule has 0 bridgehead atoms. The fourth-order valence-electron chi connectivity index (χ4n) is 2.33. The van der Waals surface area contributed by atoms with Crippen molar-refractivity contribution in [2.45, 2.75) is 20.8 Å². The Bertz CT molecular complexity index is 779. The zero-order valence-electron chi connectivity index (χ0n) is 14.6. The van der Waals surface area contributed by atoms with Gasteiger partial charge >= 0.3 is 11.9 Å². The third kappa shape index (κ3) is 4.76. The molecule has 0 aliphatic heterocycles. The van der Waals surface area contributed by atoms with Gasteiger partial charge in [0.1, 0.15) is 0 Å². The van der Waals surface area contributed by atoms with Crippen LogP contribution in [0.25, 0.3) is 0 Å². The third-order valence-electron chi connectivity index (χ3n) is 3.49. The van der Waals surface area contributed by atoms with E-state index in [-0.39, 0.29) is 11.9 Å². The minimum Gasteiger partial charge on any atom is -0.462 e. The zero-order valence-corrected chi connectivity index (χ0v) is 14.6. The molecule has 2 rings (SSSR count). The van der Waals surface area contributed by atoms with Gasteiger partial charge in [0.05, 0.1) is 30.0 Å². The van der Waals surface area contributed by atoms with Crippen molar-refractivity contribution in [3.63, 3.8) is 0 Å². The molecule has 0 spiro atoms. The Balaban J connectivity index is 2.27. The molecule has 0 N–H and O–H groups in total. The van der Waals surface area contributed by atoms with Crippen LogP contribution < -0.4 is 0 Å². The van der Waals surface area contributed by atoms with Gasteiger partial charge in [-0.3, -0.25) is 4.99 Å². The average Bonchev–Trinajstić information content (AvgIpc) is 2.62. The normalized spacial score (nSPS) is 11.1. The molecule has 0 heterocycles. The number of carbonyl (C=O) groups excluding carboxylic acids is 2. The summed E-state index contributed by atoms with van der Waals surface area (Å²) < 4.78 is 10.0. The minimum atomic E-state index is -0.370. The second kappa shape index (κ2) is 8.78. The van der Waals surface area contributed by atoms with Crippen molar-refractivity contribution in [1.82, 2.24) is 0 Å². The summed E-state index contributed by atoms with van der Waals surface area (Å²) in [5, 5.41) is 0. The van der Waals surface area contributed by atoms with Gasteiger partial charge in [-0.05, 0) is 51.1 Å². The maximum atomic E-state index is 12.1. The molecule has 0 aromatic heterocycles. The molecule has 0 saturated carbocycles. The summed E-state index contributed by atoms with van der Waals surface area (Å²) in [6, 6.07) is 14.0. The van der Waals surface area contributed by atoms with E-state index in [0.29, 0.717) is 35.7 Å². The van der Waals surface area contributed by atoms with Crippen molar-refractivity contribution in [1.29, 1.82) is 0 Å². The van der Waals surface area contributed by atoms with E-state index in [1.807, 2.05) is 19.1 Å². The van der Waals surface area contributed by atoms with Crippen LogP contribution in [-0.2, 0) is 9.47 Å². The first-order valence-corrected chi connectivity index (χ1v) is 8.15. The summed E-state index contributed by atoms with van der Waals surface area (Å²) in [5.74, 6) is -0.729. The SMILES string of the molecule is CCOC(=O)c1ccc(N=C(C)c2ccccc2C(=O)OCC)cc1. The molecule has 0 atom stereocenters. The average molecular weight is 339 g/mol. The summed E-state index contributed by atoms with van der Waals surface area (Å²) in [6.45, 7) is 6.02. The van der Waals surface area contributed by atoms with Crippen LogP contribution >= 0.6 is 0 Å². The zero-order chi connectivity index (χ0) is 18.2. The van der Waals surface area contributed by atoms with Gasteiger partial charge < -0.3 is 9.47 Å². The molecule has 0 aliphatic carbocycles. The van der Waals surface area contributed by atoms with Crippen LogP contribution in [0.15, 0.2) is 53.5 Å². The fourth-order valence-corrected chi connectivity index (χ4v) is 2.33. The molecular weight excluding hydrogens is 318 g/mol. The Morgan fingerprint density at radius 2 is 1.40 bits per heavy atom. The maximum absolute atomic E-state index is 12.1. The molecule has 0 amide bonds. The summed E-state index contributed by atoms with van der Waals surface area (Å²) in [6.07, 6.45) is 0. The lowest BCUT2D eigenvalue weighted by molar-refractivity contribution is 0.0516. The summed E-state index contributed by atoms with van der Waals surface area (Å²) in [5.41, 5.74) is 3.05. The minimum absolute atomic E-state index is 0.318. The highest BCUT2D eigenvalue weighted by atomic mass is 16.5. The van der Waals surface area contributed by atoms with Gasteiger partial charge in [-0.2, -0.15) is 0 Å². The lowest BCUT2D eigenvalue weighted by Crippen LogP contribution is -2.10. The van der Waals surface area contributed by atoms with Crippen LogP contribution in [0.1, 0.15) is 47.1 Å². The van der Waals surface area contributed by atoms with E-state index in [4.69, 9.17) is 9.47 Å². The quantitative estimate of drug-likeness (QED) is 0.585. The van der Waals surface area contributed by atoms with E-state index in [2.05, 4.69) is 4.99 Å². The maximum Gasteiger partial charge on any atom is 0.338 e. The Hall–Kier alpha value is -2.95. The Morgan fingerprint density at radius 1 is 0.840 bits per heavy atom. The number of carbonyl (C=O) groups is 2. The topological polar surface area (TPSA) is 65.0 Å². The number of hydrogen-bond donors (Lipinski definition) is 0. The van der Waals surface area contributed by atoms with Gasteiger partial charge in [-0.1, -0.05) is 18.2 Å². The number of nitrogens with zero attached hydrogens (tertiary/aromatic N) is 1. The second-order valence-electron chi connectivity index (χ2n) is 5.23. The van der Waals surface area contributed by atoms with Crippen LogP contribution in [0.3, 0.4) is 0 Å². The lowest BCUT2D eigenvalue weighted by atomic mass is 10.0. The van der Waals surface area contributed by atoms with Crippen molar-refractivity contribution in [3.8, 4) is 0 Å². The Morgan fingerprint density at radius 3 is 2.00 bits per heavy atom. The van der Waals surface area contributed by atoms with Crippen molar-refractivity contribution in [2.24, 2.45) is 4.99 Å². The first-order chi connectivity index (χ1) is 12.1. The molecule has 0 radical (unpaired) electrons. The molecule has 0 aliphatic rings. The predicted molar refractivity (Wildman–Crippen MR) is 96.7 cm³/mol. The highest BCUT2D eigenvalue weighted by Crippen LogP contribution is 2.18. The number of aliphatic imine (C=N–C) groups is 1. The molecule has 25 heavy (non-hydrogen) atoms. The fraction of sp³-hybridized carbons (Fsp3) is 0.250.